The summed E-state index contributed by atoms with van der Waals surface area (Å²) in [5.41, 5.74) is 2.23. The van der Waals surface area contributed by atoms with Crippen molar-refractivity contribution in [1.82, 2.24) is 5.32 Å². The second kappa shape index (κ2) is 6.27. The molecular weight excluding hydrogens is 270 g/mol. The van der Waals surface area contributed by atoms with Gasteiger partial charge in [-0.2, -0.15) is 0 Å². The number of hydrogen-bond acceptors (Lipinski definition) is 3. The molecule has 3 nitrogen and oxygen atoms in total. The van der Waals surface area contributed by atoms with E-state index < -0.39 is 0 Å². The molecule has 0 aromatic carbocycles. The molecule has 1 fully saturated rings. The maximum atomic E-state index is 12.4. The second-order valence-corrected chi connectivity index (χ2v) is 7.10. The van der Waals surface area contributed by atoms with Gasteiger partial charge in [-0.25, -0.2) is 0 Å². The second-order valence-electron chi connectivity index (χ2n) is 6.13. The molecule has 20 heavy (non-hydrogen) atoms. The van der Waals surface area contributed by atoms with E-state index in [1.54, 1.807) is 11.3 Å². The zero-order chi connectivity index (χ0) is 13.9. The summed E-state index contributed by atoms with van der Waals surface area (Å²) in [4.78, 5) is 13.9. The average Bonchev–Trinajstić information content (AvgIpc) is 2.92. The molecule has 1 aromatic rings. The van der Waals surface area contributed by atoms with Crippen molar-refractivity contribution in [3.63, 3.8) is 0 Å². The SMILES string of the molecule is O=C(NC1CCC(CO)CC1)c1csc2c1CCCC2. The Bertz CT molecular complexity index is 475. The quantitative estimate of drug-likeness (QED) is 0.900. The third-order valence-electron chi connectivity index (χ3n) is 4.75. The molecule has 0 atom stereocenters. The van der Waals surface area contributed by atoms with Crippen molar-refractivity contribution in [2.75, 3.05) is 6.61 Å². The van der Waals surface area contributed by atoms with Gasteiger partial charge in [0.2, 0.25) is 0 Å². The van der Waals surface area contributed by atoms with Crippen LogP contribution >= 0.6 is 11.3 Å². The Morgan fingerprint density at radius 3 is 2.75 bits per heavy atom. The normalized spacial score (nSPS) is 26.1. The molecule has 0 bridgehead atoms. The fourth-order valence-electron chi connectivity index (χ4n) is 3.44. The summed E-state index contributed by atoms with van der Waals surface area (Å²) in [5, 5.41) is 14.4. The van der Waals surface area contributed by atoms with E-state index in [4.69, 9.17) is 5.11 Å². The molecule has 4 heteroatoms. The van der Waals surface area contributed by atoms with Crippen LogP contribution in [0.2, 0.25) is 0 Å². The van der Waals surface area contributed by atoms with E-state index in [1.165, 1.54) is 23.3 Å². The molecule has 0 radical (unpaired) electrons. The summed E-state index contributed by atoms with van der Waals surface area (Å²) in [6.07, 6.45) is 8.76. The molecule has 1 heterocycles. The maximum Gasteiger partial charge on any atom is 0.252 e. The molecule has 1 saturated carbocycles. The van der Waals surface area contributed by atoms with Gasteiger partial charge in [-0.15, -0.1) is 11.3 Å². The van der Waals surface area contributed by atoms with Crippen molar-refractivity contribution in [2.45, 2.75) is 57.4 Å². The van der Waals surface area contributed by atoms with Crippen LogP contribution in [-0.2, 0) is 12.8 Å². The summed E-state index contributed by atoms with van der Waals surface area (Å²) >= 11 is 1.75. The molecule has 3 rings (SSSR count). The van der Waals surface area contributed by atoms with Crippen LogP contribution in [0.5, 0.6) is 0 Å². The van der Waals surface area contributed by atoms with E-state index >= 15 is 0 Å². The van der Waals surface area contributed by atoms with E-state index in [-0.39, 0.29) is 5.91 Å². The van der Waals surface area contributed by atoms with E-state index in [2.05, 4.69) is 5.32 Å². The lowest BCUT2D eigenvalue weighted by molar-refractivity contribution is 0.0913. The highest BCUT2D eigenvalue weighted by atomic mass is 32.1. The molecule has 2 aliphatic carbocycles. The van der Waals surface area contributed by atoms with Gasteiger partial charge in [0.25, 0.3) is 5.91 Å². The van der Waals surface area contributed by atoms with Gasteiger partial charge in [-0.3, -0.25) is 4.79 Å². The first kappa shape index (κ1) is 14.1. The summed E-state index contributed by atoms with van der Waals surface area (Å²) < 4.78 is 0. The lowest BCUT2D eigenvalue weighted by Crippen LogP contribution is -2.38. The van der Waals surface area contributed by atoms with Crippen LogP contribution in [0, 0.1) is 5.92 Å². The number of fused-ring (bicyclic) bond motifs is 1. The van der Waals surface area contributed by atoms with E-state index in [1.807, 2.05) is 5.38 Å². The van der Waals surface area contributed by atoms with Crippen molar-refractivity contribution in [2.24, 2.45) is 5.92 Å². The van der Waals surface area contributed by atoms with Crippen molar-refractivity contribution < 1.29 is 9.90 Å². The molecule has 1 aromatic heterocycles. The third kappa shape index (κ3) is 2.91. The lowest BCUT2D eigenvalue weighted by Gasteiger charge is -2.28. The molecule has 0 unspecified atom stereocenters. The van der Waals surface area contributed by atoms with Gasteiger partial charge in [-0.1, -0.05) is 0 Å². The number of aliphatic hydroxyl groups is 1. The fraction of sp³-hybridized carbons (Fsp3) is 0.688. The van der Waals surface area contributed by atoms with Gasteiger partial charge in [-0.05, 0) is 62.8 Å². The number of rotatable bonds is 3. The van der Waals surface area contributed by atoms with Gasteiger partial charge in [0.05, 0.1) is 5.56 Å². The minimum atomic E-state index is 0.122. The first-order valence-electron chi connectivity index (χ1n) is 7.79. The monoisotopic (exact) mass is 293 g/mol. The third-order valence-corrected chi connectivity index (χ3v) is 5.83. The number of amides is 1. The highest BCUT2D eigenvalue weighted by Gasteiger charge is 2.25. The predicted molar refractivity (Wildman–Crippen MR) is 81.3 cm³/mol. The Labute approximate surface area is 124 Å². The molecule has 110 valence electrons. The van der Waals surface area contributed by atoms with Crippen molar-refractivity contribution >= 4 is 17.2 Å². The molecule has 0 saturated heterocycles. The van der Waals surface area contributed by atoms with Crippen molar-refractivity contribution in [1.29, 1.82) is 0 Å². The number of nitrogens with one attached hydrogen (secondary N) is 1. The van der Waals surface area contributed by atoms with E-state index in [0.717, 1.165) is 44.1 Å². The van der Waals surface area contributed by atoms with Crippen LogP contribution in [0.3, 0.4) is 0 Å². The highest BCUT2D eigenvalue weighted by molar-refractivity contribution is 7.10. The number of aryl methyl sites for hydroxylation is 1. The van der Waals surface area contributed by atoms with Gasteiger partial charge >= 0.3 is 0 Å². The van der Waals surface area contributed by atoms with E-state index in [9.17, 15) is 4.79 Å². The van der Waals surface area contributed by atoms with Gasteiger partial charge in [0.15, 0.2) is 0 Å². The molecular formula is C16H23NO2S. The predicted octanol–water partition coefficient (Wildman–Crippen LogP) is 2.91. The fourth-order valence-corrected chi connectivity index (χ4v) is 4.56. The summed E-state index contributed by atoms with van der Waals surface area (Å²) in [7, 11) is 0. The molecule has 2 N–H and O–H groups in total. The Balaban J connectivity index is 1.61. The first-order valence-corrected chi connectivity index (χ1v) is 8.67. The van der Waals surface area contributed by atoms with Gasteiger partial charge in [0.1, 0.15) is 0 Å². The van der Waals surface area contributed by atoms with Crippen LogP contribution in [0.4, 0.5) is 0 Å². The number of carbonyl (C=O) groups excluding carboxylic acids is 1. The zero-order valence-corrected chi connectivity index (χ0v) is 12.7. The largest absolute Gasteiger partial charge is 0.396 e. The van der Waals surface area contributed by atoms with Crippen LogP contribution in [0.25, 0.3) is 0 Å². The number of thiophene rings is 1. The van der Waals surface area contributed by atoms with Crippen molar-refractivity contribution in [3.8, 4) is 0 Å². The minimum Gasteiger partial charge on any atom is -0.396 e. The Morgan fingerprint density at radius 1 is 1.25 bits per heavy atom. The topological polar surface area (TPSA) is 49.3 Å². The molecule has 2 aliphatic rings. The zero-order valence-electron chi connectivity index (χ0n) is 11.9. The number of hydrogen-bond donors (Lipinski definition) is 2. The molecule has 0 spiro atoms. The molecule has 0 aliphatic heterocycles. The molecule has 1 amide bonds. The summed E-state index contributed by atoms with van der Waals surface area (Å²) in [5.74, 6) is 0.564. The van der Waals surface area contributed by atoms with Crippen LogP contribution < -0.4 is 5.32 Å². The highest BCUT2D eigenvalue weighted by Crippen LogP contribution is 2.30. The smallest absolute Gasteiger partial charge is 0.252 e. The number of aliphatic hydroxyl groups excluding tert-OH is 1. The summed E-state index contributed by atoms with van der Waals surface area (Å²) in [6, 6.07) is 0.296. The minimum absolute atomic E-state index is 0.122. The first-order chi connectivity index (χ1) is 9.78. The van der Waals surface area contributed by atoms with Gasteiger partial charge in [0, 0.05) is 22.9 Å². The maximum absolute atomic E-state index is 12.4. The van der Waals surface area contributed by atoms with Crippen molar-refractivity contribution in [3.05, 3.63) is 21.4 Å². The van der Waals surface area contributed by atoms with Crippen LogP contribution in [0.1, 0.15) is 59.3 Å². The summed E-state index contributed by atoms with van der Waals surface area (Å²) in [6.45, 7) is 0.290. The van der Waals surface area contributed by atoms with Crippen LogP contribution in [-0.4, -0.2) is 23.7 Å². The Kier molecular flexibility index (Phi) is 4.41. The van der Waals surface area contributed by atoms with Crippen LogP contribution in [0.15, 0.2) is 5.38 Å². The number of carbonyl (C=O) groups is 1. The standard InChI is InChI=1S/C16H23NO2S/c18-9-11-5-7-12(8-6-11)17-16(19)14-10-20-15-4-2-1-3-13(14)15/h10-12,18H,1-9H2,(H,17,19). The van der Waals surface area contributed by atoms with Gasteiger partial charge < -0.3 is 10.4 Å². The average molecular weight is 293 g/mol. The Hall–Kier alpha value is -0.870. The lowest BCUT2D eigenvalue weighted by atomic mass is 9.86. The van der Waals surface area contributed by atoms with E-state index in [0.29, 0.717) is 18.6 Å². The Morgan fingerprint density at radius 2 is 2.00 bits per heavy atom.